The Bertz CT molecular complexity index is 581. The summed E-state index contributed by atoms with van der Waals surface area (Å²) in [6.45, 7) is 5.33. The normalized spacial score (nSPS) is 10.0. The van der Waals surface area contributed by atoms with Gasteiger partial charge in [-0.2, -0.15) is 0 Å². The van der Waals surface area contributed by atoms with Crippen molar-refractivity contribution >= 4 is 29.1 Å². The lowest BCUT2D eigenvalue weighted by Crippen LogP contribution is -2.48. The van der Waals surface area contributed by atoms with E-state index in [-0.39, 0.29) is 17.4 Å². The molecule has 0 unspecified atom stereocenters. The van der Waals surface area contributed by atoms with E-state index in [2.05, 4.69) is 23.1 Å². The highest BCUT2D eigenvalue weighted by Crippen LogP contribution is 2.18. The van der Waals surface area contributed by atoms with Gasteiger partial charge in [-0.15, -0.1) is 0 Å². The third-order valence-electron chi connectivity index (χ3n) is 3.11. The Morgan fingerprint density at radius 1 is 1.12 bits per heavy atom. The van der Waals surface area contributed by atoms with E-state index in [0.717, 1.165) is 12.8 Å². The summed E-state index contributed by atoms with van der Waals surface area (Å²) in [6.07, 6.45) is 2.11. The van der Waals surface area contributed by atoms with E-state index in [0.29, 0.717) is 31.1 Å². The average molecular weight is 367 g/mol. The number of thiocarbonyl (C=S) groups is 1. The lowest BCUT2D eigenvalue weighted by Gasteiger charge is -2.13. The highest BCUT2D eigenvalue weighted by molar-refractivity contribution is 7.80. The van der Waals surface area contributed by atoms with Crippen LogP contribution in [-0.2, 0) is 9.53 Å². The minimum atomic E-state index is -0.409. The maximum atomic E-state index is 12.3. The molecule has 0 atom stereocenters. The number of para-hydroxylation sites is 1. The smallest absolute Gasteiger partial charge is 0.261 e. The molecular formula is C17H25N3O4S. The van der Waals surface area contributed by atoms with Crippen molar-refractivity contribution in [2.45, 2.75) is 33.1 Å². The van der Waals surface area contributed by atoms with E-state index in [1.165, 1.54) is 0 Å². The van der Waals surface area contributed by atoms with Gasteiger partial charge in [0.25, 0.3) is 5.91 Å². The topological polar surface area (TPSA) is 88.7 Å². The van der Waals surface area contributed by atoms with Crippen molar-refractivity contribution in [1.82, 2.24) is 16.2 Å². The van der Waals surface area contributed by atoms with Gasteiger partial charge in [0.2, 0.25) is 5.91 Å². The fraction of sp³-hybridized carbons (Fsp3) is 0.471. The second-order valence-corrected chi connectivity index (χ2v) is 5.51. The van der Waals surface area contributed by atoms with Crippen molar-refractivity contribution < 1.29 is 19.1 Å². The van der Waals surface area contributed by atoms with Crippen LogP contribution in [0.15, 0.2) is 24.3 Å². The van der Waals surface area contributed by atoms with Gasteiger partial charge in [0.1, 0.15) is 5.75 Å². The largest absolute Gasteiger partial charge is 0.493 e. The maximum absolute atomic E-state index is 12.3. The van der Waals surface area contributed by atoms with E-state index in [9.17, 15) is 9.59 Å². The minimum absolute atomic E-state index is 0.00174. The van der Waals surface area contributed by atoms with E-state index in [1.54, 1.807) is 24.3 Å². The Labute approximate surface area is 153 Å². The molecule has 0 aliphatic carbocycles. The predicted molar refractivity (Wildman–Crippen MR) is 99.3 cm³/mol. The number of rotatable bonds is 9. The molecule has 0 heterocycles. The van der Waals surface area contributed by atoms with Crippen molar-refractivity contribution in [2.75, 3.05) is 19.8 Å². The van der Waals surface area contributed by atoms with Crippen LogP contribution in [-0.4, -0.2) is 36.7 Å². The lowest BCUT2D eigenvalue weighted by atomic mass is 10.2. The molecule has 8 heteroatoms. The van der Waals surface area contributed by atoms with Crippen LogP contribution < -0.4 is 20.9 Å². The molecule has 0 bridgehead atoms. The number of amides is 2. The van der Waals surface area contributed by atoms with Gasteiger partial charge >= 0.3 is 0 Å². The zero-order valence-corrected chi connectivity index (χ0v) is 15.4. The second kappa shape index (κ2) is 12.2. The molecule has 25 heavy (non-hydrogen) atoms. The summed E-state index contributed by atoms with van der Waals surface area (Å²) in [6, 6.07) is 6.93. The summed E-state index contributed by atoms with van der Waals surface area (Å²) in [5.41, 5.74) is 5.26. The van der Waals surface area contributed by atoms with Crippen LogP contribution in [0, 0.1) is 0 Å². The SMILES string of the molecule is CCCCOc1ccccc1C(=O)NC(=S)NNC(=O)CCOCC. The summed E-state index contributed by atoms with van der Waals surface area (Å²) >= 11 is 5.00. The van der Waals surface area contributed by atoms with Gasteiger partial charge < -0.3 is 9.47 Å². The van der Waals surface area contributed by atoms with E-state index < -0.39 is 5.91 Å². The standard InChI is InChI=1S/C17H25N3O4S/c1-3-5-11-24-14-9-7-6-8-13(14)16(22)18-17(25)20-19-15(21)10-12-23-4-2/h6-9H,3-5,10-12H2,1-2H3,(H,19,21)(H2,18,20,22,25). The average Bonchev–Trinajstić information content (AvgIpc) is 2.61. The van der Waals surface area contributed by atoms with Gasteiger partial charge in [0.15, 0.2) is 5.11 Å². The first-order valence-electron chi connectivity index (χ1n) is 8.28. The van der Waals surface area contributed by atoms with E-state index in [4.69, 9.17) is 21.7 Å². The molecule has 138 valence electrons. The predicted octanol–water partition coefficient (Wildman–Crippen LogP) is 1.93. The Morgan fingerprint density at radius 3 is 2.60 bits per heavy atom. The molecule has 7 nitrogen and oxygen atoms in total. The number of hydrogen-bond acceptors (Lipinski definition) is 5. The molecule has 0 saturated carbocycles. The molecule has 1 aromatic rings. The van der Waals surface area contributed by atoms with E-state index in [1.807, 2.05) is 6.92 Å². The summed E-state index contributed by atoms with van der Waals surface area (Å²) < 4.78 is 10.7. The summed E-state index contributed by atoms with van der Waals surface area (Å²) in [5.74, 6) is -0.196. The van der Waals surface area contributed by atoms with Gasteiger partial charge in [-0.1, -0.05) is 25.5 Å². The summed E-state index contributed by atoms with van der Waals surface area (Å²) in [5, 5.41) is 2.50. The highest BCUT2D eigenvalue weighted by atomic mass is 32.1. The molecule has 0 aromatic heterocycles. The summed E-state index contributed by atoms with van der Waals surface area (Å²) in [7, 11) is 0. The first kappa shape index (κ1) is 20.9. The fourth-order valence-corrected chi connectivity index (χ4v) is 1.95. The van der Waals surface area contributed by atoms with Crippen LogP contribution in [0.25, 0.3) is 0 Å². The van der Waals surface area contributed by atoms with Crippen LogP contribution in [0.1, 0.15) is 43.5 Å². The Hall–Kier alpha value is -2.19. The number of unbranched alkanes of at least 4 members (excludes halogenated alkanes) is 1. The van der Waals surface area contributed by atoms with Gasteiger partial charge in [0, 0.05) is 6.61 Å². The van der Waals surface area contributed by atoms with Crippen molar-refractivity contribution in [3.8, 4) is 5.75 Å². The molecule has 0 aliphatic rings. The molecule has 2 amide bonds. The van der Waals surface area contributed by atoms with Crippen molar-refractivity contribution in [3.05, 3.63) is 29.8 Å². The number of benzene rings is 1. The number of nitrogens with one attached hydrogen (secondary N) is 3. The molecule has 1 rings (SSSR count). The number of carbonyl (C=O) groups excluding carboxylic acids is 2. The second-order valence-electron chi connectivity index (χ2n) is 5.10. The monoisotopic (exact) mass is 367 g/mol. The van der Waals surface area contributed by atoms with Crippen LogP contribution in [0.5, 0.6) is 5.75 Å². The van der Waals surface area contributed by atoms with E-state index >= 15 is 0 Å². The van der Waals surface area contributed by atoms with Crippen LogP contribution in [0.4, 0.5) is 0 Å². The summed E-state index contributed by atoms with van der Waals surface area (Å²) in [4.78, 5) is 23.8. The number of hydrogen-bond donors (Lipinski definition) is 3. The zero-order valence-electron chi connectivity index (χ0n) is 14.6. The van der Waals surface area contributed by atoms with Crippen LogP contribution in [0.3, 0.4) is 0 Å². The van der Waals surface area contributed by atoms with Gasteiger partial charge in [-0.05, 0) is 37.7 Å². The Morgan fingerprint density at radius 2 is 1.88 bits per heavy atom. The molecule has 0 saturated heterocycles. The molecule has 0 aliphatic heterocycles. The molecule has 1 aromatic carbocycles. The molecule has 0 radical (unpaired) electrons. The van der Waals surface area contributed by atoms with Crippen molar-refractivity contribution in [3.63, 3.8) is 0 Å². The molecule has 0 spiro atoms. The molecule has 0 fully saturated rings. The lowest BCUT2D eigenvalue weighted by molar-refractivity contribution is -0.122. The van der Waals surface area contributed by atoms with Crippen molar-refractivity contribution in [2.24, 2.45) is 0 Å². The number of carbonyl (C=O) groups is 2. The third-order valence-corrected chi connectivity index (χ3v) is 3.31. The molecule has 3 N–H and O–H groups in total. The Balaban J connectivity index is 2.47. The maximum Gasteiger partial charge on any atom is 0.261 e. The van der Waals surface area contributed by atoms with Crippen molar-refractivity contribution in [1.29, 1.82) is 0 Å². The van der Waals surface area contributed by atoms with Gasteiger partial charge in [0.05, 0.1) is 25.2 Å². The Kier molecular flexibility index (Phi) is 10.2. The molecular weight excluding hydrogens is 342 g/mol. The quantitative estimate of drug-likeness (QED) is 0.351. The first-order valence-corrected chi connectivity index (χ1v) is 8.69. The van der Waals surface area contributed by atoms with Gasteiger partial charge in [-0.25, -0.2) is 0 Å². The highest BCUT2D eigenvalue weighted by Gasteiger charge is 2.13. The third kappa shape index (κ3) is 8.46. The van der Waals surface area contributed by atoms with Crippen LogP contribution in [0.2, 0.25) is 0 Å². The fourth-order valence-electron chi connectivity index (χ4n) is 1.81. The van der Waals surface area contributed by atoms with Crippen LogP contribution >= 0.6 is 12.2 Å². The minimum Gasteiger partial charge on any atom is -0.493 e. The zero-order chi connectivity index (χ0) is 18.5. The van der Waals surface area contributed by atoms with Gasteiger partial charge in [-0.3, -0.25) is 25.8 Å². The number of ether oxygens (including phenoxy) is 2. The first-order chi connectivity index (χ1) is 12.1. The number of hydrazine groups is 1.